The Hall–Kier alpha value is -1.01. The summed E-state index contributed by atoms with van der Waals surface area (Å²) in [6, 6.07) is 1.89. The van der Waals surface area contributed by atoms with Crippen LogP contribution in [0.4, 0.5) is 17.6 Å². The molecule has 0 fully saturated rings. The maximum Gasteiger partial charge on any atom is 0.397 e. The molecule has 1 atom stereocenters. The van der Waals surface area contributed by atoms with Crippen molar-refractivity contribution in [2.75, 3.05) is 13.7 Å². The average molecular weight is 272 g/mol. The molecule has 0 aromatic heterocycles. The molecule has 17 heavy (non-hydrogen) atoms. The minimum absolute atomic E-state index is 0.138. The van der Waals surface area contributed by atoms with E-state index in [1.165, 1.54) is 0 Å². The second-order valence-corrected chi connectivity index (χ2v) is 3.78. The molecule has 0 amide bonds. The van der Waals surface area contributed by atoms with Crippen LogP contribution in [0, 0.1) is 5.82 Å². The molecule has 7 heteroatoms. The van der Waals surface area contributed by atoms with Crippen LogP contribution in [0.3, 0.4) is 0 Å². The highest BCUT2D eigenvalue weighted by Gasteiger charge is 2.41. The van der Waals surface area contributed by atoms with E-state index in [0.717, 1.165) is 19.2 Å². The number of hydrogen-bond acceptors (Lipinski definition) is 2. The minimum atomic E-state index is -4.58. The zero-order valence-corrected chi connectivity index (χ0v) is 9.57. The van der Waals surface area contributed by atoms with E-state index in [0.29, 0.717) is 0 Å². The standard InChI is InChI=1S/C10H10ClF4NO/c1-17-9-6(2-5(11)3-8(9)12)7(4-16)10(13,14)15/h2-3,7H,4,16H2,1H3. The topological polar surface area (TPSA) is 35.2 Å². The van der Waals surface area contributed by atoms with Gasteiger partial charge in [-0.1, -0.05) is 11.6 Å². The first kappa shape index (κ1) is 14.1. The van der Waals surface area contributed by atoms with E-state index in [4.69, 9.17) is 17.3 Å². The summed E-state index contributed by atoms with van der Waals surface area (Å²) in [5.41, 5.74) is 4.68. The van der Waals surface area contributed by atoms with E-state index >= 15 is 0 Å². The Morgan fingerprint density at radius 2 is 2.00 bits per heavy atom. The summed E-state index contributed by atoms with van der Waals surface area (Å²) in [5.74, 6) is -3.44. The lowest BCUT2D eigenvalue weighted by Gasteiger charge is -2.21. The Morgan fingerprint density at radius 3 is 2.41 bits per heavy atom. The largest absolute Gasteiger partial charge is 0.493 e. The Labute approximate surface area is 100 Å². The summed E-state index contributed by atoms with van der Waals surface area (Å²) in [4.78, 5) is 0. The van der Waals surface area contributed by atoms with Gasteiger partial charge in [0.2, 0.25) is 0 Å². The molecule has 1 unspecified atom stereocenters. The predicted molar refractivity (Wildman–Crippen MR) is 55.8 cm³/mol. The van der Waals surface area contributed by atoms with Gasteiger partial charge < -0.3 is 10.5 Å². The van der Waals surface area contributed by atoms with E-state index in [9.17, 15) is 17.6 Å². The van der Waals surface area contributed by atoms with E-state index in [2.05, 4.69) is 4.74 Å². The van der Waals surface area contributed by atoms with E-state index in [1.807, 2.05) is 0 Å². The second kappa shape index (κ2) is 5.10. The molecule has 0 aliphatic heterocycles. The number of halogens is 5. The third-order valence-corrected chi connectivity index (χ3v) is 2.47. The molecule has 1 aromatic carbocycles. The highest BCUT2D eigenvalue weighted by Crippen LogP contribution is 2.40. The van der Waals surface area contributed by atoms with Gasteiger partial charge in [0, 0.05) is 17.1 Å². The molecule has 0 bridgehead atoms. The van der Waals surface area contributed by atoms with E-state index in [-0.39, 0.29) is 5.02 Å². The van der Waals surface area contributed by atoms with Crippen LogP contribution in [0.2, 0.25) is 5.02 Å². The van der Waals surface area contributed by atoms with Crippen LogP contribution >= 0.6 is 11.6 Å². The highest BCUT2D eigenvalue weighted by atomic mass is 35.5. The number of alkyl halides is 3. The van der Waals surface area contributed by atoms with Gasteiger partial charge in [0.05, 0.1) is 13.0 Å². The third-order valence-electron chi connectivity index (χ3n) is 2.25. The van der Waals surface area contributed by atoms with Crippen molar-refractivity contribution < 1.29 is 22.3 Å². The van der Waals surface area contributed by atoms with Gasteiger partial charge in [-0.25, -0.2) is 4.39 Å². The van der Waals surface area contributed by atoms with Gasteiger partial charge in [-0.2, -0.15) is 13.2 Å². The summed E-state index contributed by atoms with van der Waals surface area (Å²) in [6.45, 7) is -0.709. The maximum absolute atomic E-state index is 13.4. The first-order valence-corrected chi connectivity index (χ1v) is 4.98. The summed E-state index contributed by atoms with van der Waals surface area (Å²) >= 11 is 5.53. The number of nitrogens with two attached hydrogens (primary N) is 1. The van der Waals surface area contributed by atoms with Gasteiger partial charge in [-0.05, 0) is 12.1 Å². The number of ether oxygens (including phenoxy) is 1. The molecule has 0 aliphatic rings. The molecule has 0 saturated carbocycles. The molecule has 0 spiro atoms. The van der Waals surface area contributed by atoms with E-state index in [1.54, 1.807) is 0 Å². The van der Waals surface area contributed by atoms with Gasteiger partial charge in [-0.3, -0.25) is 0 Å². The summed E-state index contributed by atoms with van der Waals surface area (Å²) in [7, 11) is 1.08. The molecule has 0 radical (unpaired) electrons. The molecule has 96 valence electrons. The van der Waals surface area contributed by atoms with Gasteiger partial charge in [-0.15, -0.1) is 0 Å². The van der Waals surface area contributed by atoms with Gasteiger partial charge in [0.15, 0.2) is 11.6 Å². The SMILES string of the molecule is COc1c(F)cc(Cl)cc1C(CN)C(F)(F)F. The minimum Gasteiger partial charge on any atom is -0.493 e. The van der Waals surface area contributed by atoms with Crippen molar-refractivity contribution in [3.05, 3.63) is 28.5 Å². The smallest absolute Gasteiger partial charge is 0.397 e. The van der Waals surface area contributed by atoms with Crippen molar-refractivity contribution in [3.8, 4) is 5.75 Å². The number of methoxy groups -OCH3 is 1. The van der Waals surface area contributed by atoms with Crippen LogP contribution < -0.4 is 10.5 Å². The zero-order valence-electron chi connectivity index (χ0n) is 8.81. The second-order valence-electron chi connectivity index (χ2n) is 3.34. The van der Waals surface area contributed by atoms with Crippen LogP contribution in [0.15, 0.2) is 12.1 Å². The molecule has 1 rings (SSSR count). The molecule has 0 saturated heterocycles. The molecule has 1 aromatic rings. The Bertz CT molecular complexity index is 408. The number of hydrogen-bond donors (Lipinski definition) is 1. The fourth-order valence-corrected chi connectivity index (χ4v) is 1.70. The van der Waals surface area contributed by atoms with Crippen molar-refractivity contribution in [1.82, 2.24) is 0 Å². The average Bonchev–Trinajstić information content (AvgIpc) is 2.15. The Balaban J connectivity index is 3.37. The van der Waals surface area contributed by atoms with E-state index < -0.39 is 35.8 Å². The third kappa shape index (κ3) is 3.01. The molecule has 0 heterocycles. The van der Waals surface area contributed by atoms with Crippen molar-refractivity contribution in [2.45, 2.75) is 12.1 Å². The summed E-state index contributed by atoms with van der Waals surface area (Å²) in [5, 5.41) is -0.138. The van der Waals surface area contributed by atoms with Gasteiger partial charge in [0.1, 0.15) is 0 Å². The number of benzene rings is 1. The van der Waals surface area contributed by atoms with Crippen molar-refractivity contribution >= 4 is 11.6 Å². The van der Waals surface area contributed by atoms with Crippen LogP contribution in [0.25, 0.3) is 0 Å². The van der Waals surface area contributed by atoms with Crippen LogP contribution in [0.5, 0.6) is 5.75 Å². The summed E-state index contributed by atoms with van der Waals surface area (Å²) in [6.07, 6.45) is -4.58. The molecular formula is C10H10ClF4NO. The van der Waals surface area contributed by atoms with Crippen LogP contribution in [-0.4, -0.2) is 19.8 Å². The molecular weight excluding hydrogens is 262 g/mol. The highest BCUT2D eigenvalue weighted by molar-refractivity contribution is 6.30. The zero-order chi connectivity index (χ0) is 13.2. The lowest BCUT2D eigenvalue weighted by atomic mass is 9.97. The molecule has 2 N–H and O–H groups in total. The van der Waals surface area contributed by atoms with Gasteiger partial charge >= 0.3 is 6.18 Å². The lowest BCUT2D eigenvalue weighted by Crippen LogP contribution is -2.28. The quantitative estimate of drug-likeness (QED) is 0.858. The lowest BCUT2D eigenvalue weighted by molar-refractivity contribution is -0.148. The molecule has 0 aliphatic carbocycles. The van der Waals surface area contributed by atoms with Crippen LogP contribution in [-0.2, 0) is 0 Å². The summed E-state index contributed by atoms with van der Waals surface area (Å²) < 4.78 is 56.1. The maximum atomic E-state index is 13.4. The van der Waals surface area contributed by atoms with Gasteiger partial charge in [0.25, 0.3) is 0 Å². The Morgan fingerprint density at radius 1 is 1.41 bits per heavy atom. The van der Waals surface area contributed by atoms with Crippen molar-refractivity contribution in [2.24, 2.45) is 5.73 Å². The normalized spacial score (nSPS) is 13.6. The van der Waals surface area contributed by atoms with Crippen LogP contribution in [0.1, 0.15) is 11.5 Å². The fraction of sp³-hybridized carbons (Fsp3) is 0.400. The Kier molecular flexibility index (Phi) is 4.21. The predicted octanol–water partition coefficient (Wildman–Crippen LogP) is 3.09. The van der Waals surface area contributed by atoms with Crippen molar-refractivity contribution in [3.63, 3.8) is 0 Å². The monoisotopic (exact) mass is 271 g/mol. The first-order chi connectivity index (χ1) is 7.81. The number of rotatable bonds is 3. The van der Waals surface area contributed by atoms with Crippen molar-refractivity contribution in [1.29, 1.82) is 0 Å². The molecule has 2 nitrogen and oxygen atoms in total. The fourth-order valence-electron chi connectivity index (χ4n) is 1.49. The first-order valence-electron chi connectivity index (χ1n) is 4.61.